The molecule has 7 heteroatoms. The molecule has 0 saturated carbocycles. The van der Waals surface area contributed by atoms with Crippen molar-refractivity contribution in [3.05, 3.63) is 29.8 Å². The Labute approximate surface area is 142 Å². The molecule has 24 heavy (non-hydrogen) atoms. The van der Waals surface area contributed by atoms with Gasteiger partial charge in [0, 0.05) is 33.3 Å². The van der Waals surface area contributed by atoms with E-state index in [1.54, 1.807) is 9.80 Å². The van der Waals surface area contributed by atoms with Gasteiger partial charge in [-0.25, -0.2) is 0 Å². The van der Waals surface area contributed by atoms with Crippen LogP contribution in [0.1, 0.15) is 5.56 Å². The monoisotopic (exact) mass is 335 g/mol. The molecule has 1 aliphatic heterocycles. The lowest BCUT2D eigenvalue weighted by Gasteiger charge is -2.35. The second kappa shape index (κ2) is 8.65. The van der Waals surface area contributed by atoms with Crippen LogP contribution in [0.2, 0.25) is 0 Å². The molecule has 1 heterocycles. The molecule has 0 aliphatic carbocycles. The summed E-state index contributed by atoms with van der Waals surface area (Å²) in [6.45, 7) is 4.12. The van der Waals surface area contributed by atoms with Crippen LogP contribution in [0.5, 0.6) is 5.75 Å². The van der Waals surface area contributed by atoms with Gasteiger partial charge in [0.05, 0.1) is 6.61 Å². The lowest BCUT2D eigenvalue weighted by molar-refractivity contribution is -0.142. The van der Waals surface area contributed by atoms with Gasteiger partial charge in [0.2, 0.25) is 5.91 Å². The van der Waals surface area contributed by atoms with E-state index in [0.717, 1.165) is 5.56 Å². The van der Waals surface area contributed by atoms with Crippen molar-refractivity contribution in [2.24, 2.45) is 5.73 Å². The molecule has 2 amide bonds. The maximum Gasteiger partial charge on any atom is 0.260 e. The normalized spacial score (nSPS) is 16.0. The Balaban J connectivity index is 1.76. The van der Waals surface area contributed by atoms with E-state index in [-0.39, 0.29) is 25.0 Å². The summed E-state index contributed by atoms with van der Waals surface area (Å²) in [6.07, 6.45) is 0. The van der Waals surface area contributed by atoms with Gasteiger partial charge in [0.15, 0.2) is 6.61 Å². The van der Waals surface area contributed by atoms with Crippen LogP contribution in [0.4, 0.5) is 0 Å². The maximum atomic E-state index is 12.2. The van der Waals surface area contributed by atoms with E-state index in [2.05, 4.69) is 0 Å². The average molecular weight is 335 g/mol. The third-order valence-electron chi connectivity index (χ3n) is 3.99. The van der Waals surface area contributed by atoms with E-state index in [1.165, 1.54) is 7.11 Å². The van der Waals surface area contributed by atoms with Crippen LogP contribution in [-0.2, 0) is 14.3 Å². The van der Waals surface area contributed by atoms with Crippen molar-refractivity contribution in [3.8, 4) is 5.75 Å². The number of amides is 2. The fourth-order valence-corrected chi connectivity index (χ4v) is 2.53. The second-order valence-corrected chi connectivity index (χ2v) is 5.87. The van der Waals surface area contributed by atoms with Gasteiger partial charge in [0.25, 0.3) is 5.91 Å². The van der Waals surface area contributed by atoms with Gasteiger partial charge in [-0.2, -0.15) is 0 Å². The number of nitrogens with two attached hydrogens (primary N) is 1. The van der Waals surface area contributed by atoms with Crippen molar-refractivity contribution < 1.29 is 19.1 Å². The summed E-state index contributed by atoms with van der Waals surface area (Å²) in [4.78, 5) is 27.7. The van der Waals surface area contributed by atoms with Crippen molar-refractivity contribution in [1.82, 2.24) is 9.80 Å². The second-order valence-electron chi connectivity index (χ2n) is 5.87. The van der Waals surface area contributed by atoms with Gasteiger partial charge in [-0.3, -0.25) is 9.59 Å². The van der Waals surface area contributed by atoms with E-state index < -0.39 is 6.04 Å². The first-order valence-corrected chi connectivity index (χ1v) is 8.02. The molecule has 1 atom stereocenters. The van der Waals surface area contributed by atoms with Crippen molar-refractivity contribution in [2.75, 3.05) is 46.5 Å². The molecule has 7 nitrogen and oxygen atoms in total. The molecule has 0 spiro atoms. The minimum Gasteiger partial charge on any atom is -0.484 e. The average Bonchev–Trinajstić information content (AvgIpc) is 2.60. The zero-order chi connectivity index (χ0) is 17.5. The van der Waals surface area contributed by atoms with Crippen LogP contribution in [0.15, 0.2) is 24.3 Å². The number of nitrogens with zero attached hydrogens (tertiary/aromatic N) is 2. The number of aryl methyl sites for hydroxylation is 1. The molecule has 0 bridgehead atoms. The number of benzene rings is 1. The smallest absolute Gasteiger partial charge is 0.260 e. The number of carbonyl (C=O) groups is 2. The Morgan fingerprint density at radius 3 is 2.29 bits per heavy atom. The lowest BCUT2D eigenvalue weighted by Crippen LogP contribution is -2.55. The minimum atomic E-state index is -0.651. The predicted molar refractivity (Wildman–Crippen MR) is 89.7 cm³/mol. The zero-order valence-electron chi connectivity index (χ0n) is 14.2. The molecule has 0 radical (unpaired) electrons. The molecule has 1 fully saturated rings. The quantitative estimate of drug-likeness (QED) is 0.792. The van der Waals surface area contributed by atoms with E-state index in [9.17, 15) is 9.59 Å². The predicted octanol–water partition coefficient (Wildman–Crippen LogP) is 0.0183. The van der Waals surface area contributed by atoms with Crippen LogP contribution in [-0.4, -0.2) is 74.2 Å². The zero-order valence-corrected chi connectivity index (χ0v) is 14.2. The molecular formula is C17H25N3O4. The molecule has 1 aromatic carbocycles. The van der Waals surface area contributed by atoms with Crippen molar-refractivity contribution in [2.45, 2.75) is 13.0 Å². The van der Waals surface area contributed by atoms with Gasteiger partial charge in [-0.15, -0.1) is 0 Å². The summed E-state index contributed by atoms with van der Waals surface area (Å²) < 4.78 is 10.4. The Kier molecular flexibility index (Phi) is 6.57. The van der Waals surface area contributed by atoms with E-state index in [0.29, 0.717) is 31.9 Å². The molecular weight excluding hydrogens is 310 g/mol. The number of hydrogen-bond acceptors (Lipinski definition) is 5. The summed E-state index contributed by atoms with van der Waals surface area (Å²) in [6, 6.07) is 6.91. The first-order valence-electron chi connectivity index (χ1n) is 8.02. The summed E-state index contributed by atoms with van der Waals surface area (Å²) >= 11 is 0. The molecule has 132 valence electrons. The summed E-state index contributed by atoms with van der Waals surface area (Å²) in [5.74, 6) is 0.456. The Bertz CT molecular complexity index is 553. The van der Waals surface area contributed by atoms with Gasteiger partial charge in [0.1, 0.15) is 11.8 Å². The van der Waals surface area contributed by atoms with Gasteiger partial charge < -0.3 is 25.0 Å². The molecule has 1 aliphatic rings. The largest absolute Gasteiger partial charge is 0.484 e. The summed E-state index contributed by atoms with van der Waals surface area (Å²) in [5.41, 5.74) is 6.90. The highest BCUT2D eigenvalue weighted by Crippen LogP contribution is 2.12. The third kappa shape index (κ3) is 4.94. The number of piperazine rings is 1. The number of methoxy groups -OCH3 is 1. The van der Waals surface area contributed by atoms with Crippen LogP contribution >= 0.6 is 0 Å². The summed E-state index contributed by atoms with van der Waals surface area (Å²) in [5, 5.41) is 0. The maximum absolute atomic E-state index is 12.2. The molecule has 1 aromatic rings. The molecule has 2 rings (SSSR count). The highest BCUT2D eigenvalue weighted by molar-refractivity contribution is 5.82. The van der Waals surface area contributed by atoms with E-state index in [4.69, 9.17) is 15.2 Å². The van der Waals surface area contributed by atoms with Crippen LogP contribution in [0.25, 0.3) is 0 Å². The van der Waals surface area contributed by atoms with E-state index in [1.807, 2.05) is 31.2 Å². The third-order valence-corrected chi connectivity index (χ3v) is 3.99. The Morgan fingerprint density at radius 2 is 1.71 bits per heavy atom. The molecule has 0 aromatic heterocycles. The molecule has 1 saturated heterocycles. The number of ether oxygens (including phenoxy) is 2. The Morgan fingerprint density at radius 1 is 1.12 bits per heavy atom. The number of hydrogen-bond donors (Lipinski definition) is 1. The first kappa shape index (κ1) is 18.2. The van der Waals surface area contributed by atoms with Crippen molar-refractivity contribution in [3.63, 3.8) is 0 Å². The minimum absolute atomic E-state index is 0.000194. The molecule has 2 N–H and O–H groups in total. The van der Waals surface area contributed by atoms with Gasteiger partial charge >= 0.3 is 0 Å². The van der Waals surface area contributed by atoms with Gasteiger partial charge in [-0.05, 0) is 19.1 Å². The highest BCUT2D eigenvalue weighted by Gasteiger charge is 2.27. The highest BCUT2D eigenvalue weighted by atomic mass is 16.5. The standard InChI is InChI=1S/C17H25N3O4/c1-13-3-5-14(6-4-13)24-12-16(21)19-7-9-20(10-8-19)17(22)15(18)11-23-2/h3-6,15H,7-12,18H2,1-2H3. The lowest BCUT2D eigenvalue weighted by atomic mass is 10.2. The topological polar surface area (TPSA) is 85.1 Å². The molecule has 1 unspecified atom stereocenters. The van der Waals surface area contributed by atoms with Crippen LogP contribution < -0.4 is 10.5 Å². The van der Waals surface area contributed by atoms with Gasteiger partial charge in [-0.1, -0.05) is 17.7 Å². The summed E-state index contributed by atoms with van der Waals surface area (Å²) in [7, 11) is 1.51. The van der Waals surface area contributed by atoms with Crippen molar-refractivity contribution >= 4 is 11.8 Å². The van der Waals surface area contributed by atoms with Crippen molar-refractivity contribution in [1.29, 1.82) is 0 Å². The first-order chi connectivity index (χ1) is 11.5. The van der Waals surface area contributed by atoms with Crippen LogP contribution in [0.3, 0.4) is 0 Å². The number of carbonyl (C=O) groups excluding carboxylic acids is 2. The van der Waals surface area contributed by atoms with E-state index >= 15 is 0 Å². The Hall–Kier alpha value is -2.12. The fourth-order valence-electron chi connectivity index (χ4n) is 2.53. The number of rotatable bonds is 6. The van der Waals surface area contributed by atoms with Crippen LogP contribution in [0, 0.1) is 6.92 Å². The fraction of sp³-hybridized carbons (Fsp3) is 0.529. The SMILES string of the molecule is COCC(N)C(=O)N1CCN(C(=O)COc2ccc(C)cc2)CC1.